The van der Waals surface area contributed by atoms with Crippen LogP contribution in [-0.4, -0.2) is 43.5 Å². The average Bonchev–Trinajstić information content (AvgIpc) is 2.73. The van der Waals surface area contributed by atoms with E-state index in [1.54, 1.807) is 31.6 Å². The Bertz CT molecular complexity index is 769. The maximum Gasteiger partial charge on any atom is 0.252 e. The molecule has 1 heterocycles. The van der Waals surface area contributed by atoms with Gasteiger partial charge in [-0.2, -0.15) is 0 Å². The van der Waals surface area contributed by atoms with Gasteiger partial charge >= 0.3 is 0 Å². The molecule has 0 atom stereocenters. The third kappa shape index (κ3) is 6.37. The second kappa shape index (κ2) is 10.4. The van der Waals surface area contributed by atoms with Gasteiger partial charge in [-0.1, -0.05) is 45.0 Å². The minimum absolute atomic E-state index is 0.0293. The third-order valence-electron chi connectivity index (χ3n) is 4.69. The number of nitrogens with one attached hydrogen (secondary N) is 3. The average molecular weight is 382 g/mol. The van der Waals surface area contributed by atoms with Crippen molar-refractivity contribution in [1.82, 2.24) is 20.9 Å². The molecular formula is C22H31N5O. The number of guanidine groups is 1. The van der Waals surface area contributed by atoms with Crippen LogP contribution in [0.1, 0.15) is 42.3 Å². The summed E-state index contributed by atoms with van der Waals surface area (Å²) in [7, 11) is 1.74. The van der Waals surface area contributed by atoms with Crippen molar-refractivity contribution in [2.45, 2.75) is 32.6 Å². The summed E-state index contributed by atoms with van der Waals surface area (Å²) in [6.07, 6.45) is 4.25. The number of aliphatic imine (C=N–C) groups is 1. The first-order valence-corrected chi connectivity index (χ1v) is 9.68. The second-order valence-corrected chi connectivity index (χ2v) is 7.28. The maximum absolute atomic E-state index is 12.0. The van der Waals surface area contributed by atoms with E-state index < -0.39 is 0 Å². The molecule has 6 heteroatoms. The lowest BCUT2D eigenvalue weighted by Gasteiger charge is -2.27. The number of benzene rings is 1. The van der Waals surface area contributed by atoms with E-state index in [1.165, 1.54) is 11.1 Å². The number of rotatable bonds is 8. The first kappa shape index (κ1) is 21.4. The van der Waals surface area contributed by atoms with Crippen LogP contribution in [0.2, 0.25) is 0 Å². The molecule has 6 nitrogen and oxygen atoms in total. The summed E-state index contributed by atoms with van der Waals surface area (Å²) in [6.45, 7) is 8.41. The summed E-state index contributed by atoms with van der Waals surface area (Å²) in [6, 6.07) is 12.3. The van der Waals surface area contributed by atoms with Crippen LogP contribution in [0.25, 0.3) is 0 Å². The third-order valence-corrected chi connectivity index (χ3v) is 4.69. The number of carbonyl (C=O) groups is 1. The Balaban J connectivity index is 1.76. The van der Waals surface area contributed by atoms with Crippen molar-refractivity contribution in [3.63, 3.8) is 0 Å². The molecule has 2 rings (SSSR count). The van der Waals surface area contributed by atoms with E-state index in [-0.39, 0.29) is 11.3 Å². The summed E-state index contributed by atoms with van der Waals surface area (Å²) in [5.74, 6) is 0.586. The second-order valence-electron chi connectivity index (χ2n) is 7.28. The van der Waals surface area contributed by atoms with E-state index in [9.17, 15) is 4.79 Å². The van der Waals surface area contributed by atoms with E-state index in [0.717, 1.165) is 13.0 Å². The van der Waals surface area contributed by atoms with Crippen molar-refractivity contribution in [2.75, 3.05) is 26.7 Å². The molecule has 0 saturated carbocycles. The molecule has 28 heavy (non-hydrogen) atoms. The first-order valence-electron chi connectivity index (χ1n) is 9.68. The number of aryl methyl sites for hydroxylation is 1. The number of hydrogen-bond acceptors (Lipinski definition) is 3. The van der Waals surface area contributed by atoms with Gasteiger partial charge < -0.3 is 16.0 Å². The van der Waals surface area contributed by atoms with Gasteiger partial charge in [0, 0.05) is 44.5 Å². The lowest BCUT2D eigenvalue weighted by molar-refractivity contribution is 0.0954. The van der Waals surface area contributed by atoms with Gasteiger partial charge in [0.15, 0.2) is 5.96 Å². The van der Waals surface area contributed by atoms with Crippen LogP contribution < -0.4 is 16.0 Å². The predicted molar refractivity (Wildman–Crippen MR) is 115 cm³/mol. The fourth-order valence-corrected chi connectivity index (χ4v) is 2.78. The minimum atomic E-state index is -0.130. The Morgan fingerprint density at radius 2 is 1.79 bits per heavy atom. The topological polar surface area (TPSA) is 78.4 Å². The Hall–Kier alpha value is -2.89. The predicted octanol–water partition coefficient (Wildman–Crippen LogP) is 2.52. The van der Waals surface area contributed by atoms with Gasteiger partial charge in [-0.15, -0.1) is 0 Å². The van der Waals surface area contributed by atoms with Gasteiger partial charge in [0.05, 0.1) is 5.56 Å². The number of aromatic nitrogens is 1. The summed E-state index contributed by atoms with van der Waals surface area (Å²) >= 11 is 0. The highest BCUT2D eigenvalue weighted by Gasteiger charge is 2.20. The molecule has 0 unspecified atom stereocenters. The molecule has 2 aromatic rings. The van der Waals surface area contributed by atoms with E-state index in [1.807, 2.05) is 0 Å². The molecule has 150 valence electrons. The standard InChI is InChI=1S/C22H31N5O/c1-5-17-8-10-19(11-9-17)22(2,3)16-27-21(23-4)26-14-13-25-20(28)18-7-6-12-24-15-18/h6-12,15H,5,13-14,16H2,1-4H3,(H,25,28)(H2,23,26,27). The van der Waals surface area contributed by atoms with Crippen molar-refractivity contribution in [3.8, 4) is 0 Å². The fraction of sp³-hybridized carbons (Fsp3) is 0.409. The zero-order chi connectivity index (χ0) is 20.4. The normalized spacial score (nSPS) is 11.8. The van der Waals surface area contributed by atoms with Crippen molar-refractivity contribution >= 4 is 11.9 Å². The zero-order valence-electron chi connectivity index (χ0n) is 17.2. The van der Waals surface area contributed by atoms with Gasteiger partial charge in [-0.05, 0) is 29.7 Å². The van der Waals surface area contributed by atoms with Gasteiger partial charge in [0.25, 0.3) is 5.91 Å². The smallest absolute Gasteiger partial charge is 0.252 e. The molecule has 0 aliphatic heterocycles. The lowest BCUT2D eigenvalue weighted by Crippen LogP contribution is -2.45. The molecule has 1 amide bonds. The van der Waals surface area contributed by atoms with Crippen LogP contribution >= 0.6 is 0 Å². The number of pyridine rings is 1. The van der Waals surface area contributed by atoms with Gasteiger partial charge in [0.2, 0.25) is 0 Å². The zero-order valence-corrected chi connectivity index (χ0v) is 17.2. The highest BCUT2D eigenvalue weighted by Crippen LogP contribution is 2.22. The molecule has 1 aromatic carbocycles. The number of hydrogen-bond donors (Lipinski definition) is 3. The molecule has 0 aliphatic carbocycles. The van der Waals surface area contributed by atoms with Crippen LogP contribution in [-0.2, 0) is 11.8 Å². The molecule has 0 spiro atoms. The molecule has 1 aromatic heterocycles. The van der Waals surface area contributed by atoms with Gasteiger partial charge in [0.1, 0.15) is 0 Å². The van der Waals surface area contributed by atoms with E-state index in [0.29, 0.717) is 24.6 Å². The van der Waals surface area contributed by atoms with E-state index >= 15 is 0 Å². The Labute approximate surface area is 167 Å². The first-order chi connectivity index (χ1) is 13.5. The van der Waals surface area contributed by atoms with E-state index in [2.05, 4.69) is 71.0 Å². The Kier molecular flexibility index (Phi) is 7.99. The van der Waals surface area contributed by atoms with Crippen molar-refractivity contribution in [2.24, 2.45) is 4.99 Å². The highest BCUT2D eigenvalue weighted by molar-refractivity contribution is 5.93. The highest BCUT2D eigenvalue weighted by atomic mass is 16.1. The summed E-state index contributed by atoms with van der Waals surface area (Å²) in [4.78, 5) is 20.2. The summed E-state index contributed by atoms with van der Waals surface area (Å²) in [5.41, 5.74) is 3.16. The Morgan fingerprint density at radius 1 is 1.07 bits per heavy atom. The number of carbonyl (C=O) groups excluding carboxylic acids is 1. The van der Waals surface area contributed by atoms with Gasteiger partial charge in [-0.25, -0.2) is 0 Å². The van der Waals surface area contributed by atoms with Crippen molar-refractivity contribution in [3.05, 3.63) is 65.5 Å². The number of nitrogens with zero attached hydrogens (tertiary/aromatic N) is 2. The summed E-state index contributed by atoms with van der Waals surface area (Å²) < 4.78 is 0. The lowest BCUT2D eigenvalue weighted by atomic mass is 9.84. The Morgan fingerprint density at radius 3 is 2.39 bits per heavy atom. The molecule has 3 N–H and O–H groups in total. The van der Waals surface area contributed by atoms with Gasteiger partial charge in [-0.3, -0.25) is 14.8 Å². The van der Waals surface area contributed by atoms with Crippen LogP contribution in [0, 0.1) is 0 Å². The number of amides is 1. The van der Waals surface area contributed by atoms with E-state index in [4.69, 9.17) is 0 Å². The molecule has 0 fully saturated rings. The van der Waals surface area contributed by atoms with Crippen LogP contribution in [0.4, 0.5) is 0 Å². The largest absolute Gasteiger partial charge is 0.356 e. The fourth-order valence-electron chi connectivity index (χ4n) is 2.78. The summed E-state index contributed by atoms with van der Waals surface area (Å²) in [5, 5.41) is 9.46. The SMILES string of the molecule is CCc1ccc(C(C)(C)CNC(=NC)NCCNC(=O)c2cccnc2)cc1. The quantitative estimate of drug-likeness (QED) is 0.373. The minimum Gasteiger partial charge on any atom is -0.356 e. The van der Waals surface area contributed by atoms with Crippen molar-refractivity contribution in [1.29, 1.82) is 0 Å². The molecule has 0 bridgehead atoms. The van der Waals surface area contributed by atoms with Crippen LogP contribution in [0.15, 0.2) is 53.8 Å². The van der Waals surface area contributed by atoms with Crippen LogP contribution in [0.5, 0.6) is 0 Å². The maximum atomic E-state index is 12.0. The molecule has 0 saturated heterocycles. The molecule has 0 aliphatic rings. The monoisotopic (exact) mass is 381 g/mol. The molecular weight excluding hydrogens is 350 g/mol. The van der Waals surface area contributed by atoms with Crippen molar-refractivity contribution < 1.29 is 4.79 Å². The molecule has 0 radical (unpaired) electrons. The van der Waals surface area contributed by atoms with Crippen LogP contribution in [0.3, 0.4) is 0 Å².